The van der Waals surface area contributed by atoms with Gasteiger partial charge in [0.05, 0.1) is 34.3 Å². The topological polar surface area (TPSA) is 86.3 Å². The highest BCUT2D eigenvalue weighted by Crippen LogP contribution is 2.35. The SMILES string of the molecule is O=C(O)c1ccccc1Nc1c(NC2CCNCC2)cnc2ccc(Cl)cc12. The predicted molar refractivity (Wildman–Crippen MR) is 113 cm³/mol. The van der Waals surface area contributed by atoms with E-state index in [0.29, 0.717) is 16.8 Å². The van der Waals surface area contributed by atoms with E-state index < -0.39 is 5.97 Å². The van der Waals surface area contributed by atoms with Gasteiger partial charge < -0.3 is 21.1 Å². The van der Waals surface area contributed by atoms with Crippen molar-refractivity contribution in [2.75, 3.05) is 23.7 Å². The van der Waals surface area contributed by atoms with Gasteiger partial charge in [0.1, 0.15) is 0 Å². The summed E-state index contributed by atoms with van der Waals surface area (Å²) in [7, 11) is 0. The lowest BCUT2D eigenvalue weighted by Gasteiger charge is -2.26. The molecule has 28 heavy (non-hydrogen) atoms. The number of pyridine rings is 1. The summed E-state index contributed by atoms with van der Waals surface area (Å²) < 4.78 is 0. The van der Waals surface area contributed by atoms with Crippen LogP contribution in [0.15, 0.2) is 48.7 Å². The Morgan fingerprint density at radius 2 is 1.93 bits per heavy atom. The van der Waals surface area contributed by atoms with Crippen LogP contribution in [0.2, 0.25) is 5.02 Å². The van der Waals surface area contributed by atoms with Crippen molar-refractivity contribution in [2.45, 2.75) is 18.9 Å². The molecular formula is C21H21ClN4O2. The quantitative estimate of drug-likeness (QED) is 0.508. The fourth-order valence-electron chi connectivity index (χ4n) is 3.51. The Labute approximate surface area is 167 Å². The van der Waals surface area contributed by atoms with Gasteiger partial charge in [0.25, 0.3) is 0 Å². The number of fused-ring (bicyclic) bond motifs is 1. The Balaban J connectivity index is 1.80. The average molecular weight is 397 g/mol. The van der Waals surface area contributed by atoms with Crippen LogP contribution in [0.5, 0.6) is 0 Å². The Kier molecular flexibility index (Phi) is 5.32. The zero-order chi connectivity index (χ0) is 19.5. The maximum Gasteiger partial charge on any atom is 0.337 e. The number of hydrogen-bond donors (Lipinski definition) is 4. The smallest absolute Gasteiger partial charge is 0.337 e. The highest BCUT2D eigenvalue weighted by atomic mass is 35.5. The molecule has 1 saturated heterocycles. The fraction of sp³-hybridized carbons (Fsp3) is 0.238. The lowest BCUT2D eigenvalue weighted by Crippen LogP contribution is -2.35. The first kappa shape index (κ1) is 18.5. The van der Waals surface area contributed by atoms with Crippen LogP contribution in [0.25, 0.3) is 10.9 Å². The summed E-state index contributed by atoms with van der Waals surface area (Å²) in [6, 6.07) is 12.7. The maximum atomic E-state index is 11.6. The lowest BCUT2D eigenvalue weighted by molar-refractivity contribution is 0.0698. The van der Waals surface area contributed by atoms with Crippen LogP contribution in [0.1, 0.15) is 23.2 Å². The van der Waals surface area contributed by atoms with E-state index in [4.69, 9.17) is 11.6 Å². The second kappa shape index (κ2) is 8.04. The van der Waals surface area contributed by atoms with Crippen molar-refractivity contribution in [3.63, 3.8) is 0 Å². The van der Waals surface area contributed by atoms with Crippen LogP contribution in [0.4, 0.5) is 17.1 Å². The molecule has 0 unspecified atom stereocenters. The van der Waals surface area contributed by atoms with Gasteiger partial charge >= 0.3 is 5.97 Å². The molecule has 0 radical (unpaired) electrons. The summed E-state index contributed by atoms with van der Waals surface area (Å²) in [5.74, 6) is -0.979. The second-order valence-electron chi connectivity index (χ2n) is 6.85. The fourth-order valence-corrected chi connectivity index (χ4v) is 3.68. The van der Waals surface area contributed by atoms with Gasteiger partial charge in [-0.15, -0.1) is 0 Å². The predicted octanol–water partition coefficient (Wildman–Crippen LogP) is 4.49. The molecule has 3 aromatic rings. The van der Waals surface area contributed by atoms with Crippen molar-refractivity contribution in [3.8, 4) is 0 Å². The molecule has 1 aliphatic rings. The lowest BCUT2D eigenvalue weighted by atomic mass is 10.1. The first-order valence-electron chi connectivity index (χ1n) is 9.26. The number of nitrogens with zero attached hydrogens (tertiary/aromatic N) is 1. The molecule has 1 aromatic heterocycles. The van der Waals surface area contributed by atoms with Crippen molar-refractivity contribution in [3.05, 3.63) is 59.2 Å². The normalized spacial score (nSPS) is 14.8. The molecule has 6 nitrogen and oxygen atoms in total. The Morgan fingerprint density at radius 3 is 2.71 bits per heavy atom. The Hall–Kier alpha value is -2.83. The first-order chi connectivity index (χ1) is 13.6. The number of benzene rings is 2. The van der Waals surface area contributed by atoms with Gasteiger partial charge in [0.15, 0.2) is 0 Å². The largest absolute Gasteiger partial charge is 0.478 e. The summed E-state index contributed by atoms with van der Waals surface area (Å²) in [5.41, 5.74) is 3.13. The number of carboxylic acids is 1. The number of nitrogens with one attached hydrogen (secondary N) is 3. The number of aromatic nitrogens is 1. The maximum absolute atomic E-state index is 11.6. The zero-order valence-corrected chi connectivity index (χ0v) is 16.0. The van der Waals surface area contributed by atoms with Crippen molar-refractivity contribution in [1.29, 1.82) is 0 Å². The summed E-state index contributed by atoms with van der Waals surface area (Å²) in [5, 5.41) is 21.2. The molecule has 0 aliphatic carbocycles. The van der Waals surface area contributed by atoms with Crippen LogP contribution >= 0.6 is 11.6 Å². The molecule has 4 N–H and O–H groups in total. The number of hydrogen-bond acceptors (Lipinski definition) is 5. The summed E-state index contributed by atoms with van der Waals surface area (Å²) in [6.07, 6.45) is 3.82. The standard InChI is InChI=1S/C21H21ClN4O2/c22-13-5-6-17-16(11-13)20(26-18-4-2-1-3-15(18)21(27)28)19(12-24-17)25-14-7-9-23-10-8-14/h1-6,11-12,14,23,25H,7-10H2,(H,24,26)(H,27,28). The number of rotatable bonds is 5. The van der Waals surface area contributed by atoms with E-state index in [1.807, 2.05) is 18.2 Å². The molecule has 0 saturated carbocycles. The third-order valence-corrected chi connectivity index (χ3v) is 5.18. The van der Waals surface area contributed by atoms with E-state index >= 15 is 0 Å². The van der Waals surface area contributed by atoms with Crippen molar-refractivity contribution in [2.24, 2.45) is 0 Å². The molecule has 0 spiro atoms. The van der Waals surface area contributed by atoms with Gasteiger partial charge in [-0.05, 0) is 56.3 Å². The van der Waals surface area contributed by atoms with Gasteiger partial charge in [0, 0.05) is 16.5 Å². The summed E-state index contributed by atoms with van der Waals surface area (Å²) >= 11 is 6.24. The molecule has 4 rings (SSSR count). The van der Waals surface area contributed by atoms with Crippen LogP contribution < -0.4 is 16.0 Å². The van der Waals surface area contributed by atoms with Gasteiger partial charge in [0.2, 0.25) is 0 Å². The Morgan fingerprint density at radius 1 is 1.14 bits per heavy atom. The second-order valence-corrected chi connectivity index (χ2v) is 7.29. The number of carbonyl (C=O) groups is 1. The zero-order valence-electron chi connectivity index (χ0n) is 15.2. The molecular weight excluding hydrogens is 376 g/mol. The third-order valence-electron chi connectivity index (χ3n) is 4.95. The molecule has 2 heterocycles. The summed E-state index contributed by atoms with van der Waals surface area (Å²) in [4.78, 5) is 16.2. The molecule has 0 atom stereocenters. The number of piperidine rings is 1. The minimum absolute atomic E-state index is 0.210. The van der Waals surface area contributed by atoms with Gasteiger partial charge in [-0.3, -0.25) is 4.98 Å². The number of para-hydroxylation sites is 1. The van der Waals surface area contributed by atoms with Crippen LogP contribution in [0, 0.1) is 0 Å². The monoisotopic (exact) mass is 396 g/mol. The Bertz CT molecular complexity index is 1020. The van der Waals surface area contributed by atoms with Crippen molar-refractivity contribution in [1.82, 2.24) is 10.3 Å². The number of halogens is 1. The van der Waals surface area contributed by atoms with Crippen LogP contribution in [-0.2, 0) is 0 Å². The molecule has 1 aliphatic heterocycles. The van der Waals surface area contributed by atoms with Gasteiger partial charge in [-0.25, -0.2) is 4.79 Å². The highest BCUT2D eigenvalue weighted by Gasteiger charge is 2.18. The van der Waals surface area contributed by atoms with Gasteiger partial charge in [-0.1, -0.05) is 23.7 Å². The van der Waals surface area contributed by atoms with E-state index in [0.717, 1.165) is 48.2 Å². The van der Waals surface area contributed by atoms with Crippen LogP contribution in [0.3, 0.4) is 0 Å². The minimum atomic E-state index is -0.979. The van der Waals surface area contributed by atoms with E-state index in [1.54, 1.807) is 30.5 Å². The number of anilines is 3. The highest BCUT2D eigenvalue weighted by molar-refractivity contribution is 6.31. The summed E-state index contributed by atoms with van der Waals surface area (Å²) in [6.45, 7) is 1.93. The first-order valence-corrected chi connectivity index (χ1v) is 9.64. The molecule has 0 amide bonds. The molecule has 2 aromatic carbocycles. The van der Waals surface area contributed by atoms with Gasteiger partial charge in [-0.2, -0.15) is 0 Å². The van der Waals surface area contributed by atoms with Crippen LogP contribution in [-0.4, -0.2) is 35.2 Å². The van der Waals surface area contributed by atoms with E-state index in [1.165, 1.54) is 0 Å². The molecule has 1 fully saturated rings. The number of carboxylic acid groups (broad SMARTS) is 1. The molecule has 7 heteroatoms. The van der Waals surface area contributed by atoms with Crippen molar-refractivity contribution >= 4 is 45.5 Å². The van der Waals surface area contributed by atoms with Crippen molar-refractivity contribution < 1.29 is 9.90 Å². The van der Waals surface area contributed by atoms with E-state index in [2.05, 4.69) is 20.9 Å². The number of aromatic carboxylic acids is 1. The van der Waals surface area contributed by atoms with E-state index in [-0.39, 0.29) is 5.56 Å². The minimum Gasteiger partial charge on any atom is -0.478 e. The third kappa shape index (κ3) is 3.88. The molecule has 0 bridgehead atoms. The molecule has 144 valence electrons. The average Bonchev–Trinajstić information content (AvgIpc) is 2.71. The van der Waals surface area contributed by atoms with E-state index in [9.17, 15) is 9.90 Å².